The highest BCUT2D eigenvalue weighted by Gasteiger charge is 2.06. The molecule has 0 saturated carbocycles. The molecule has 0 aliphatic rings. The molecule has 1 N–H and O–H groups in total. The second-order valence-corrected chi connectivity index (χ2v) is 5.37. The van der Waals surface area contributed by atoms with Crippen molar-refractivity contribution in [2.75, 3.05) is 11.9 Å². The first-order valence-corrected chi connectivity index (χ1v) is 7.36. The van der Waals surface area contributed by atoms with Crippen molar-refractivity contribution in [2.24, 2.45) is 0 Å². The van der Waals surface area contributed by atoms with E-state index < -0.39 is 0 Å². The first-order chi connectivity index (χ1) is 10.5. The van der Waals surface area contributed by atoms with E-state index in [1.165, 1.54) is 0 Å². The van der Waals surface area contributed by atoms with Gasteiger partial charge in [0, 0.05) is 5.69 Å². The van der Waals surface area contributed by atoms with Crippen molar-refractivity contribution in [2.45, 2.75) is 20.0 Å². The summed E-state index contributed by atoms with van der Waals surface area (Å²) in [4.78, 5) is 11.8. The molecule has 116 valence electrons. The number of carbonyl (C=O) groups is 1. The number of benzene rings is 2. The van der Waals surface area contributed by atoms with Crippen LogP contribution in [-0.2, 0) is 4.79 Å². The lowest BCUT2D eigenvalue weighted by Crippen LogP contribution is -2.20. The van der Waals surface area contributed by atoms with E-state index >= 15 is 0 Å². The summed E-state index contributed by atoms with van der Waals surface area (Å²) >= 11 is 5.96. The monoisotopic (exact) mass is 319 g/mol. The Balaban J connectivity index is 1.85. The van der Waals surface area contributed by atoms with Gasteiger partial charge in [-0.05, 0) is 50.2 Å². The minimum Gasteiger partial charge on any atom is -0.491 e. The topological polar surface area (TPSA) is 47.6 Å². The van der Waals surface area contributed by atoms with Crippen LogP contribution < -0.4 is 14.8 Å². The first-order valence-electron chi connectivity index (χ1n) is 6.98. The zero-order valence-corrected chi connectivity index (χ0v) is 13.3. The smallest absolute Gasteiger partial charge is 0.262 e. The molecule has 0 saturated heterocycles. The third-order valence-corrected chi connectivity index (χ3v) is 3.02. The lowest BCUT2D eigenvalue weighted by atomic mass is 10.3. The van der Waals surface area contributed by atoms with Gasteiger partial charge in [0.25, 0.3) is 5.91 Å². The van der Waals surface area contributed by atoms with E-state index in [1.54, 1.807) is 36.4 Å². The van der Waals surface area contributed by atoms with Gasteiger partial charge < -0.3 is 14.8 Å². The van der Waals surface area contributed by atoms with Crippen LogP contribution in [0.1, 0.15) is 13.8 Å². The van der Waals surface area contributed by atoms with Crippen LogP contribution in [0.4, 0.5) is 5.69 Å². The number of rotatable bonds is 6. The van der Waals surface area contributed by atoms with Gasteiger partial charge in [-0.3, -0.25) is 4.79 Å². The van der Waals surface area contributed by atoms with Crippen LogP contribution in [0.3, 0.4) is 0 Å². The summed E-state index contributed by atoms with van der Waals surface area (Å²) in [7, 11) is 0. The van der Waals surface area contributed by atoms with Gasteiger partial charge in [0.1, 0.15) is 11.5 Å². The Labute approximate surface area is 135 Å². The summed E-state index contributed by atoms with van der Waals surface area (Å²) in [5.74, 6) is 0.998. The van der Waals surface area contributed by atoms with Gasteiger partial charge >= 0.3 is 0 Å². The quantitative estimate of drug-likeness (QED) is 0.870. The normalized spacial score (nSPS) is 10.4. The third kappa shape index (κ3) is 4.97. The van der Waals surface area contributed by atoms with Crippen LogP contribution in [-0.4, -0.2) is 18.6 Å². The van der Waals surface area contributed by atoms with Crippen molar-refractivity contribution in [3.63, 3.8) is 0 Å². The molecule has 0 spiro atoms. The maximum Gasteiger partial charge on any atom is 0.262 e. The summed E-state index contributed by atoms with van der Waals surface area (Å²) in [5.41, 5.74) is 0.684. The van der Waals surface area contributed by atoms with Crippen molar-refractivity contribution >= 4 is 23.2 Å². The van der Waals surface area contributed by atoms with Gasteiger partial charge in [-0.15, -0.1) is 0 Å². The average Bonchev–Trinajstić information content (AvgIpc) is 2.48. The summed E-state index contributed by atoms with van der Waals surface area (Å²) in [6.45, 7) is 3.82. The van der Waals surface area contributed by atoms with E-state index in [0.717, 1.165) is 5.75 Å². The van der Waals surface area contributed by atoms with Crippen LogP contribution in [0.5, 0.6) is 11.5 Å². The average molecular weight is 320 g/mol. The molecule has 0 aromatic heterocycles. The molecule has 4 nitrogen and oxygen atoms in total. The number of para-hydroxylation sites is 1. The second kappa shape index (κ2) is 7.71. The SMILES string of the molecule is CC(C)Oc1ccc(NC(=O)COc2ccccc2Cl)cc1. The molecule has 2 aromatic rings. The molecular formula is C17H18ClNO3. The largest absolute Gasteiger partial charge is 0.491 e. The van der Waals surface area contributed by atoms with Gasteiger partial charge in [-0.1, -0.05) is 23.7 Å². The third-order valence-electron chi connectivity index (χ3n) is 2.71. The van der Waals surface area contributed by atoms with E-state index in [-0.39, 0.29) is 18.6 Å². The molecule has 0 aliphatic carbocycles. The maximum atomic E-state index is 11.8. The highest BCUT2D eigenvalue weighted by Crippen LogP contribution is 2.23. The Bertz CT molecular complexity index is 626. The molecule has 22 heavy (non-hydrogen) atoms. The van der Waals surface area contributed by atoms with E-state index in [9.17, 15) is 4.79 Å². The van der Waals surface area contributed by atoms with Crippen molar-refractivity contribution < 1.29 is 14.3 Å². The molecule has 0 fully saturated rings. The number of hydrogen-bond donors (Lipinski definition) is 1. The standard InChI is InChI=1S/C17H18ClNO3/c1-12(2)22-14-9-7-13(8-10-14)19-17(20)11-21-16-6-4-3-5-15(16)18/h3-10,12H,11H2,1-2H3,(H,19,20). The number of hydrogen-bond acceptors (Lipinski definition) is 3. The van der Waals surface area contributed by atoms with E-state index in [0.29, 0.717) is 16.5 Å². The van der Waals surface area contributed by atoms with Gasteiger partial charge in [-0.2, -0.15) is 0 Å². The predicted molar refractivity (Wildman–Crippen MR) is 87.8 cm³/mol. The summed E-state index contributed by atoms with van der Waals surface area (Å²) in [6, 6.07) is 14.2. The lowest BCUT2D eigenvalue weighted by Gasteiger charge is -2.11. The molecule has 2 rings (SSSR count). The fraction of sp³-hybridized carbons (Fsp3) is 0.235. The zero-order chi connectivity index (χ0) is 15.9. The van der Waals surface area contributed by atoms with Gasteiger partial charge in [0.05, 0.1) is 11.1 Å². The van der Waals surface area contributed by atoms with Crippen LogP contribution >= 0.6 is 11.6 Å². The molecule has 0 radical (unpaired) electrons. The van der Waals surface area contributed by atoms with E-state index in [1.807, 2.05) is 26.0 Å². The van der Waals surface area contributed by atoms with Crippen LogP contribution in [0.15, 0.2) is 48.5 Å². The molecule has 0 bridgehead atoms. The Morgan fingerprint density at radius 1 is 1.14 bits per heavy atom. The van der Waals surface area contributed by atoms with Gasteiger partial charge in [0.2, 0.25) is 0 Å². The highest BCUT2D eigenvalue weighted by atomic mass is 35.5. The van der Waals surface area contributed by atoms with Gasteiger partial charge in [0.15, 0.2) is 6.61 Å². The molecule has 0 atom stereocenters. The number of nitrogens with one attached hydrogen (secondary N) is 1. The molecule has 1 amide bonds. The lowest BCUT2D eigenvalue weighted by molar-refractivity contribution is -0.118. The first kappa shape index (κ1) is 16.2. The number of ether oxygens (including phenoxy) is 2. The molecule has 0 heterocycles. The van der Waals surface area contributed by atoms with E-state index in [2.05, 4.69) is 5.32 Å². The van der Waals surface area contributed by atoms with Crippen LogP contribution in [0, 0.1) is 0 Å². The number of amides is 1. The Morgan fingerprint density at radius 3 is 2.45 bits per heavy atom. The number of anilines is 1. The molecule has 5 heteroatoms. The summed E-state index contributed by atoms with van der Waals surface area (Å²) in [6.07, 6.45) is 0.115. The van der Waals surface area contributed by atoms with Crippen LogP contribution in [0.25, 0.3) is 0 Å². The van der Waals surface area contributed by atoms with Crippen LogP contribution in [0.2, 0.25) is 5.02 Å². The Kier molecular flexibility index (Phi) is 5.67. The van der Waals surface area contributed by atoms with Crippen molar-refractivity contribution in [1.82, 2.24) is 0 Å². The maximum absolute atomic E-state index is 11.8. The Hall–Kier alpha value is -2.20. The molecular weight excluding hydrogens is 302 g/mol. The minimum atomic E-state index is -0.252. The molecule has 0 unspecified atom stereocenters. The highest BCUT2D eigenvalue weighted by molar-refractivity contribution is 6.32. The van der Waals surface area contributed by atoms with Gasteiger partial charge in [-0.25, -0.2) is 0 Å². The second-order valence-electron chi connectivity index (χ2n) is 4.96. The minimum absolute atomic E-state index is 0.103. The van der Waals surface area contributed by atoms with Crippen molar-refractivity contribution in [1.29, 1.82) is 0 Å². The fourth-order valence-electron chi connectivity index (χ4n) is 1.79. The van der Waals surface area contributed by atoms with E-state index in [4.69, 9.17) is 21.1 Å². The summed E-state index contributed by atoms with van der Waals surface area (Å²) < 4.78 is 10.9. The molecule has 2 aromatic carbocycles. The predicted octanol–water partition coefficient (Wildman–Crippen LogP) is 4.14. The Morgan fingerprint density at radius 2 is 1.82 bits per heavy atom. The molecule has 0 aliphatic heterocycles. The van der Waals surface area contributed by atoms with Crippen molar-refractivity contribution in [3.05, 3.63) is 53.6 Å². The summed E-state index contributed by atoms with van der Waals surface area (Å²) in [5, 5.41) is 3.23. The van der Waals surface area contributed by atoms with Crippen molar-refractivity contribution in [3.8, 4) is 11.5 Å². The zero-order valence-electron chi connectivity index (χ0n) is 12.5. The number of carbonyl (C=O) groups excluding carboxylic acids is 1. The number of halogens is 1. The fourth-order valence-corrected chi connectivity index (χ4v) is 1.98.